The summed E-state index contributed by atoms with van der Waals surface area (Å²) in [5.41, 5.74) is 1.81. The Morgan fingerprint density at radius 3 is 2.81 bits per heavy atom. The average Bonchev–Trinajstić information content (AvgIpc) is 2.92. The summed E-state index contributed by atoms with van der Waals surface area (Å²) in [7, 11) is -1.53. The number of rotatable bonds is 8. The maximum atomic E-state index is 12.0. The Balaban J connectivity index is 1.89. The summed E-state index contributed by atoms with van der Waals surface area (Å²) >= 11 is 0. The fourth-order valence-corrected chi connectivity index (χ4v) is 3.06. The van der Waals surface area contributed by atoms with E-state index in [1.54, 1.807) is 6.07 Å². The second kappa shape index (κ2) is 7.30. The Labute approximate surface area is 123 Å². The monoisotopic (exact) mass is 310 g/mol. The lowest BCUT2D eigenvalue weighted by molar-refractivity contribution is 0.410. The van der Waals surface area contributed by atoms with E-state index in [4.69, 9.17) is 0 Å². The molecule has 0 radical (unpaired) electrons. The molecule has 1 aromatic carbocycles. The first-order chi connectivity index (χ1) is 10.1. The highest BCUT2D eigenvalue weighted by atomic mass is 32.2. The number of aromatic nitrogens is 2. The van der Waals surface area contributed by atoms with Crippen molar-refractivity contribution in [2.45, 2.75) is 18.7 Å². The van der Waals surface area contributed by atoms with Crippen LogP contribution in [0.4, 0.5) is 0 Å². The number of nitrogens with one attached hydrogen (secondary N) is 2. The zero-order chi connectivity index (χ0) is 15.1. The predicted octanol–water partition coefficient (Wildman–Crippen LogP) is 0.451. The van der Waals surface area contributed by atoms with E-state index in [9.17, 15) is 8.42 Å². The highest BCUT2D eigenvalue weighted by molar-refractivity contribution is 7.88. The van der Waals surface area contributed by atoms with Gasteiger partial charge >= 0.3 is 0 Å². The molecule has 0 fully saturated rings. The van der Waals surface area contributed by atoms with Crippen LogP contribution in [0, 0.1) is 0 Å². The van der Waals surface area contributed by atoms with Gasteiger partial charge in [0.1, 0.15) is 0 Å². The van der Waals surface area contributed by atoms with Crippen LogP contribution < -0.4 is 10.0 Å². The molecule has 2 N–H and O–H groups in total. The zero-order valence-electron chi connectivity index (χ0n) is 11.7. The smallest absolute Gasteiger partial charge is 0.215 e. The Kier molecular flexibility index (Phi) is 5.43. The quantitative estimate of drug-likeness (QED) is 0.735. The third-order valence-electron chi connectivity index (χ3n) is 2.81. The van der Waals surface area contributed by atoms with Gasteiger partial charge in [0.15, 0.2) is 5.82 Å². The van der Waals surface area contributed by atoms with Crippen LogP contribution in [0.1, 0.15) is 17.0 Å². The standard InChI is InChI=1S/C13H18N4O3S/c1-14-8-11-3-2-4-12(7-11)9-21(18,19)16-6-5-13-15-10-20-17-13/h2-4,7,10,14,16H,5-6,8-9H2,1H3. The fraction of sp³-hybridized carbons (Fsp3) is 0.385. The molecule has 8 heteroatoms. The van der Waals surface area contributed by atoms with Gasteiger partial charge in [0.25, 0.3) is 0 Å². The molecule has 0 aliphatic rings. The van der Waals surface area contributed by atoms with Gasteiger partial charge in [-0.25, -0.2) is 13.1 Å². The van der Waals surface area contributed by atoms with Crippen LogP contribution in [0.3, 0.4) is 0 Å². The van der Waals surface area contributed by atoms with E-state index in [-0.39, 0.29) is 12.3 Å². The van der Waals surface area contributed by atoms with Crippen molar-refractivity contribution in [2.75, 3.05) is 13.6 Å². The largest absolute Gasteiger partial charge is 0.343 e. The van der Waals surface area contributed by atoms with Gasteiger partial charge in [-0.2, -0.15) is 4.98 Å². The topological polar surface area (TPSA) is 97.1 Å². The summed E-state index contributed by atoms with van der Waals surface area (Å²) in [6, 6.07) is 7.50. The summed E-state index contributed by atoms with van der Waals surface area (Å²) in [4.78, 5) is 3.83. The highest BCUT2D eigenvalue weighted by Gasteiger charge is 2.12. The van der Waals surface area contributed by atoms with E-state index in [0.29, 0.717) is 18.8 Å². The molecular weight excluding hydrogens is 292 g/mol. The molecular formula is C13H18N4O3S. The van der Waals surface area contributed by atoms with Gasteiger partial charge in [0, 0.05) is 19.5 Å². The maximum Gasteiger partial charge on any atom is 0.215 e. The van der Waals surface area contributed by atoms with E-state index < -0.39 is 10.0 Å². The van der Waals surface area contributed by atoms with Crippen LogP contribution >= 0.6 is 0 Å². The van der Waals surface area contributed by atoms with E-state index >= 15 is 0 Å². The average molecular weight is 310 g/mol. The summed E-state index contributed by atoms with van der Waals surface area (Å²) < 4.78 is 31.1. The second-order valence-corrected chi connectivity index (χ2v) is 6.41. The number of sulfonamides is 1. The van der Waals surface area contributed by atoms with Gasteiger partial charge < -0.3 is 9.84 Å². The summed E-state index contributed by atoms with van der Waals surface area (Å²) in [6.45, 7) is 0.956. The Morgan fingerprint density at radius 2 is 2.10 bits per heavy atom. The molecule has 1 aromatic heterocycles. The van der Waals surface area contributed by atoms with Crippen molar-refractivity contribution in [2.24, 2.45) is 0 Å². The van der Waals surface area contributed by atoms with Gasteiger partial charge in [-0.1, -0.05) is 29.4 Å². The minimum absolute atomic E-state index is 0.0448. The molecule has 7 nitrogen and oxygen atoms in total. The number of nitrogens with zero attached hydrogens (tertiary/aromatic N) is 2. The van der Waals surface area contributed by atoms with Crippen LogP contribution in [0.25, 0.3) is 0 Å². The van der Waals surface area contributed by atoms with Crippen LogP contribution in [-0.2, 0) is 28.7 Å². The van der Waals surface area contributed by atoms with Crippen LogP contribution in [-0.4, -0.2) is 32.2 Å². The lowest BCUT2D eigenvalue weighted by Gasteiger charge is -2.07. The molecule has 114 valence electrons. The molecule has 2 aromatic rings. The van der Waals surface area contributed by atoms with Crippen molar-refractivity contribution in [3.8, 4) is 0 Å². The first-order valence-corrected chi connectivity index (χ1v) is 8.19. The van der Waals surface area contributed by atoms with Crippen molar-refractivity contribution in [1.82, 2.24) is 20.2 Å². The minimum Gasteiger partial charge on any atom is -0.343 e. The number of hydrogen-bond acceptors (Lipinski definition) is 6. The molecule has 2 rings (SSSR count). The molecule has 0 saturated heterocycles. The van der Waals surface area contributed by atoms with E-state index in [2.05, 4.69) is 24.7 Å². The Hall–Kier alpha value is -1.77. The fourth-order valence-electron chi connectivity index (χ4n) is 1.92. The molecule has 0 atom stereocenters. The highest BCUT2D eigenvalue weighted by Crippen LogP contribution is 2.08. The molecule has 0 aliphatic carbocycles. The van der Waals surface area contributed by atoms with Crippen molar-refractivity contribution >= 4 is 10.0 Å². The van der Waals surface area contributed by atoms with Crippen molar-refractivity contribution in [3.63, 3.8) is 0 Å². The molecule has 21 heavy (non-hydrogen) atoms. The van der Waals surface area contributed by atoms with Crippen LogP contribution in [0.2, 0.25) is 0 Å². The molecule has 0 saturated carbocycles. The first kappa shape index (κ1) is 15.6. The molecule has 0 bridgehead atoms. The SMILES string of the molecule is CNCc1cccc(CS(=O)(=O)NCCc2ncon2)c1. The van der Waals surface area contributed by atoms with E-state index in [1.807, 2.05) is 25.2 Å². The minimum atomic E-state index is -3.38. The normalized spacial score (nSPS) is 11.7. The third-order valence-corrected chi connectivity index (χ3v) is 4.16. The summed E-state index contributed by atoms with van der Waals surface area (Å²) in [6.07, 6.45) is 1.62. The lowest BCUT2D eigenvalue weighted by atomic mass is 10.1. The van der Waals surface area contributed by atoms with Gasteiger partial charge in [0.05, 0.1) is 5.75 Å². The van der Waals surface area contributed by atoms with Gasteiger partial charge in [-0.15, -0.1) is 0 Å². The maximum absolute atomic E-state index is 12.0. The van der Waals surface area contributed by atoms with Crippen molar-refractivity contribution in [1.29, 1.82) is 0 Å². The first-order valence-electron chi connectivity index (χ1n) is 6.54. The molecule has 0 unspecified atom stereocenters. The van der Waals surface area contributed by atoms with Crippen molar-refractivity contribution in [3.05, 3.63) is 47.6 Å². The molecule has 0 spiro atoms. The Morgan fingerprint density at radius 1 is 1.29 bits per heavy atom. The lowest BCUT2D eigenvalue weighted by Crippen LogP contribution is -2.27. The third kappa shape index (κ3) is 5.25. The van der Waals surface area contributed by atoms with E-state index in [1.165, 1.54) is 6.39 Å². The summed E-state index contributed by atoms with van der Waals surface area (Å²) in [5.74, 6) is 0.435. The molecule has 0 aliphatic heterocycles. The Bertz CT molecular complexity index is 656. The van der Waals surface area contributed by atoms with Gasteiger partial charge in [-0.05, 0) is 18.2 Å². The summed E-state index contributed by atoms with van der Waals surface area (Å²) in [5, 5.41) is 6.66. The van der Waals surface area contributed by atoms with E-state index in [0.717, 1.165) is 11.1 Å². The predicted molar refractivity (Wildman–Crippen MR) is 77.8 cm³/mol. The molecule has 1 heterocycles. The van der Waals surface area contributed by atoms with Gasteiger partial charge in [-0.3, -0.25) is 0 Å². The number of benzene rings is 1. The van der Waals surface area contributed by atoms with Crippen LogP contribution in [0.15, 0.2) is 35.2 Å². The van der Waals surface area contributed by atoms with Crippen LogP contribution in [0.5, 0.6) is 0 Å². The van der Waals surface area contributed by atoms with Crippen molar-refractivity contribution < 1.29 is 12.9 Å². The zero-order valence-corrected chi connectivity index (χ0v) is 12.6. The molecule has 0 amide bonds. The second-order valence-electron chi connectivity index (χ2n) is 4.60. The number of hydrogen-bond donors (Lipinski definition) is 2. The van der Waals surface area contributed by atoms with Gasteiger partial charge in [0.2, 0.25) is 16.4 Å².